The fraction of sp³-hybridized carbons (Fsp3) is 0.167. The number of benzene rings is 2. The SMILES string of the molecule is CNC(=O)c1ccc(NC(=O)C[C@H]2Oc3ccccc3NC2=O)cc1. The Balaban J connectivity index is 1.61. The van der Waals surface area contributed by atoms with Gasteiger partial charge in [0.2, 0.25) is 5.91 Å². The first-order valence-corrected chi connectivity index (χ1v) is 7.75. The quantitative estimate of drug-likeness (QED) is 0.791. The largest absolute Gasteiger partial charge is 0.478 e. The molecule has 1 atom stereocenters. The fourth-order valence-electron chi connectivity index (χ4n) is 2.46. The standard InChI is InChI=1S/C18H17N3O4/c1-19-17(23)11-6-8-12(9-7-11)20-16(22)10-15-18(24)21-13-4-2-3-5-14(13)25-15/h2-9,15H,10H2,1H3,(H,19,23)(H,20,22)(H,21,24)/t15-/m1/s1. The van der Waals surface area contributed by atoms with Crippen molar-refractivity contribution in [2.75, 3.05) is 17.7 Å². The maximum Gasteiger partial charge on any atom is 0.266 e. The highest BCUT2D eigenvalue weighted by Crippen LogP contribution is 2.29. The summed E-state index contributed by atoms with van der Waals surface area (Å²) in [6.07, 6.45) is -1.00. The molecule has 7 heteroatoms. The summed E-state index contributed by atoms with van der Waals surface area (Å²) in [7, 11) is 1.55. The Hall–Kier alpha value is -3.35. The molecule has 0 radical (unpaired) electrons. The Morgan fingerprint density at radius 3 is 2.56 bits per heavy atom. The number of anilines is 2. The van der Waals surface area contributed by atoms with Gasteiger partial charge in [-0.3, -0.25) is 14.4 Å². The van der Waals surface area contributed by atoms with Crippen molar-refractivity contribution in [1.82, 2.24) is 5.32 Å². The van der Waals surface area contributed by atoms with Gasteiger partial charge < -0.3 is 20.7 Å². The van der Waals surface area contributed by atoms with Crippen molar-refractivity contribution in [3.8, 4) is 5.75 Å². The van der Waals surface area contributed by atoms with E-state index in [1.54, 1.807) is 55.6 Å². The van der Waals surface area contributed by atoms with Gasteiger partial charge in [-0.05, 0) is 36.4 Å². The van der Waals surface area contributed by atoms with Gasteiger partial charge in [0, 0.05) is 18.3 Å². The first-order chi connectivity index (χ1) is 12.1. The van der Waals surface area contributed by atoms with E-state index in [9.17, 15) is 14.4 Å². The van der Waals surface area contributed by atoms with E-state index >= 15 is 0 Å². The molecule has 0 aliphatic carbocycles. The van der Waals surface area contributed by atoms with Crippen LogP contribution in [0.25, 0.3) is 0 Å². The first kappa shape index (κ1) is 16.5. The second-order valence-electron chi connectivity index (χ2n) is 5.50. The summed E-state index contributed by atoms with van der Waals surface area (Å²) in [5, 5.41) is 7.93. The monoisotopic (exact) mass is 339 g/mol. The molecule has 0 saturated carbocycles. The Kier molecular flexibility index (Phi) is 4.65. The second-order valence-corrected chi connectivity index (χ2v) is 5.50. The number of carbonyl (C=O) groups excluding carboxylic acids is 3. The van der Waals surface area contributed by atoms with Crippen molar-refractivity contribution in [2.24, 2.45) is 0 Å². The van der Waals surface area contributed by atoms with Gasteiger partial charge in [0.05, 0.1) is 12.1 Å². The highest BCUT2D eigenvalue weighted by Gasteiger charge is 2.29. The number of amides is 3. The van der Waals surface area contributed by atoms with Crippen molar-refractivity contribution in [3.05, 3.63) is 54.1 Å². The summed E-state index contributed by atoms with van der Waals surface area (Å²) in [5.41, 5.74) is 1.62. The van der Waals surface area contributed by atoms with Gasteiger partial charge in [-0.15, -0.1) is 0 Å². The Labute approximate surface area is 144 Å². The van der Waals surface area contributed by atoms with Crippen LogP contribution < -0.4 is 20.7 Å². The van der Waals surface area contributed by atoms with Gasteiger partial charge in [0.15, 0.2) is 6.10 Å². The summed E-state index contributed by atoms with van der Waals surface area (Å²) in [4.78, 5) is 35.7. The molecule has 3 N–H and O–H groups in total. The normalized spacial score (nSPS) is 15.4. The lowest BCUT2D eigenvalue weighted by Crippen LogP contribution is -2.39. The van der Waals surface area contributed by atoms with Gasteiger partial charge >= 0.3 is 0 Å². The van der Waals surface area contributed by atoms with Crippen LogP contribution in [0.15, 0.2) is 48.5 Å². The number of hydrogen-bond donors (Lipinski definition) is 3. The first-order valence-electron chi connectivity index (χ1n) is 7.75. The molecule has 3 rings (SSSR count). The van der Waals surface area contributed by atoms with Crippen LogP contribution in [0.1, 0.15) is 16.8 Å². The number of fused-ring (bicyclic) bond motifs is 1. The zero-order chi connectivity index (χ0) is 17.8. The van der Waals surface area contributed by atoms with Gasteiger partial charge in [-0.2, -0.15) is 0 Å². The predicted molar refractivity (Wildman–Crippen MR) is 92.6 cm³/mol. The van der Waals surface area contributed by atoms with E-state index in [0.29, 0.717) is 22.7 Å². The highest BCUT2D eigenvalue weighted by atomic mass is 16.5. The molecule has 0 aromatic heterocycles. The molecule has 2 aromatic carbocycles. The number of hydrogen-bond acceptors (Lipinski definition) is 4. The van der Waals surface area contributed by atoms with E-state index in [2.05, 4.69) is 16.0 Å². The third-order valence-corrected chi connectivity index (χ3v) is 3.74. The maximum absolute atomic E-state index is 12.2. The molecule has 1 aliphatic heterocycles. The average molecular weight is 339 g/mol. The summed E-state index contributed by atoms with van der Waals surface area (Å²) in [6.45, 7) is 0. The number of ether oxygens (including phenoxy) is 1. The van der Waals surface area contributed by atoms with Crippen molar-refractivity contribution in [2.45, 2.75) is 12.5 Å². The van der Waals surface area contributed by atoms with Crippen LogP contribution in [0.5, 0.6) is 5.75 Å². The number of para-hydroxylation sites is 2. The van der Waals surface area contributed by atoms with E-state index in [0.717, 1.165) is 0 Å². The molecule has 3 amide bonds. The smallest absolute Gasteiger partial charge is 0.266 e. The summed E-state index contributed by atoms with van der Waals surface area (Å²) >= 11 is 0. The Morgan fingerprint density at radius 1 is 1.12 bits per heavy atom. The lowest BCUT2D eigenvalue weighted by Gasteiger charge is -2.25. The number of rotatable bonds is 4. The zero-order valence-corrected chi connectivity index (χ0v) is 13.5. The van der Waals surface area contributed by atoms with Gasteiger partial charge in [0.1, 0.15) is 5.75 Å². The minimum Gasteiger partial charge on any atom is -0.478 e. The van der Waals surface area contributed by atoms with Gasteiger partial charge in [-0.1, -0.05) is 12.1 Å². The maximum atomic E-state index is 12.2. The summed E-state index contributed by atoms with van der Waals surface area (Å²) in [5.74, 6) is -0.380. The minimum atomic E-state index is -0.889. The molecule has 1 heterocycles. The van der Waals surface area contributed by atoms with Gasteiger partial charge in [0.25, 0.3) is 11.8 Å². The third-order valence-electron chi connectivity index (χ3n) is 3.74. The molecule has 0 fully saturated rings. The zero-order valence-electron chi connectivity index (χ0n) is 13.5. The lowest BCUT2D eigenvalue weighted by atomic mass is 10.1. The van der Waals surface area contributed by atoms with Crippen LogP contribution in [-0.4, -0.2) is 30.9 Å². The lowest BCUT2D eigenvalue weighted by molar-refractivity contribution is -0.128. The number of nitrogens with one attached hydrogen (secondary N) is 3. The van der Waals surface area contributed by atoms with E-state index < -0.39 is 6.10 Å². The summed E-state index contributed by atoms with van der Waals surface area (Å²) < 4.78 is 5.59. The van der Waals surface area contributed by atoms with Crippen molar-refractivity contribution >= 4 is 29.1 Å². The molecule has 7 nitrogen and oxygen atoms in total. The van der Waals surface area contributed by atoms with Crippen LogP contribution in [0.3, 0.4) is 0 Å². The molecule has 2 aromatic rings. The van der Waals surface area contributed by atoms with E-state index in [-0.39, 0.29) is 24.1 Å². The molecule has 0 unspecified atom stereocenters. The van der Waals surface area contributed by atoms with Gasteiger partial charge in [-0.25, -0.2) is 0 Å². The molecule has 1 aliphatic rings. The van der Waals surface area contributed by atoms with Crippen LogP contribution in [-0.2, 0) is 9.59 Å². The van der Waals surface area contributed by atoms with E-state index in [1.165, 1.54) is 0 Å². The fourth-order valence-corrected chi connectivity index (χ4v) is 2.46. The minimum absolute atomic E-state index is 0.114. The molecule has 25 heavy (non-hydrogen) atoms. The molecule has 0 saturated heterocycles. The van der Waals surface area contributed by atoms with Crippen molar-refractivity contribution in [3.63, 3.8) is 0 Å². The van der Waals surface area contributed by atoms with Crippen molar-refractivity contribution < 1.29 is 19.1 Å². The number of carbonyl (C=O) groups is 3. The van der Waals surface area contributed by atoms with E-state index in [4.69, 9.17) is 4.74 Å². The highest BCUT2D eigenvalue weighted by molar-refractivity contribution is 6.02. The van der Waals surface area contributed by atoms with Crippen LogP contribution >= 0.6 is 0 Å². The second kappa shape index (κ2) is 7.04. The molecule has 0 bridgehead atoms. The van der Waals surface area contributed by atoms with E-state index in [1.807, 2.05) is 0 Å². The Morgan fingerprint density at radius 2 is 1.84 bits per heavy atom. The molecular weight excluding hydrogens is 322 g/mol. The third kappa shape index (κ3) is 3.77. The predicted octanol–water partition coefficient (Wildman–Crippen LogP) is 1.77. The van der Waals surface area contributed by atoms with Crippen LogP contribution in [0.4, 0.5) is 11.4 Å². The Bertz CT molecular complexity index is 817. The van der Waals surface area contributed by atoms with Crippen molar-refractivity contribution in [1.29, 1.82) is 0 Å². The van der Waals surface area contributed by atoms with Crippen LogP contribution in [0, 0.1) is 0 Å². The molecule has 0 spiro atoms. The molecular formula is C18H17N3O4. The average Bonchev–Trinajstić information content (AvgIpc) is 2.62. The molecule has 128 valence electrons. The topological polar surface area (TPSA) is 96.5 Å². The summed E-state index contributed by atoms with van der Waals surface area (Å²) in [6, 6.07) is 13.5. The van der Waals surface area contributed by atoms with Crippen LogP contribution in [0.2, 0.25) is 0 Å².